The summed E-state index contributed by atoms with van der Waals surface area (Å²) in [6.07, 6.45) is 3.65. The summed E-state index contributed by atoms with van der Waals surface area (Å²) < 4.78 is 2.01. The van der Waals surface area contributed by atoms with Crippen molar-refractivity contribution in [2.45, 2.75) is 23.5 Å². The lowest BCUT2D eigenvalue weighted by molar-refractivity contribution is 0.0696. The van der Waals surface area contributed by atoms with E-state index < -0.39 is 5.97 Å². The zero-order chi connectivity index (χ0) is 12.3. The van der Waals surface area contributed by atoms with E-state index >= 15 is 0 Å². The van der Waals surface area contributed by atoms with Crippen molar-refractivity contribution < 1.29 is 9.90 Å². The van der Waals surface area contributed by atoms with Crippen LogP contribution in [0.25, 0.3) is 0 Å². The van der Waals surface area contributed by atoms with Crippen molar-refractivity contribution in [3.8, 4) is 0 Å². The molecule has 88 valence electrons. The second-order valence-electron chi connectivity index (χ2n) is 3.43. The highest BCUT2D eigenvalue weighted by atomic mass is 32.2. The predicted molar refractivity (Wildman–Crippen MR) is 65.4 cm³/mol. The largest absolute Gasteiger partial charge is 0.478 e. The molecule has 0 aliphatic rings. The summed E-state index contributed by atoms with van der Waals surface area (Å²) in [7, 11) is 0. The molecule has 2 rings (SSSR count). The highest BCUT2D eigenvalue weighted by Gasteiger charge is 2.07. The topological polar surface area (TPSA) is 55.1 Å². The Kier molecular flexibility index (Phi) is 3.49. The second kappa shape index (κ2) is 5.05. The van der Waals surface area contributed by atoms with Crippen LogP contribution < -0.4 is 0 Å². The minimum atomic E-state index is -0.911. The Bertz CT molecular complexity index is 537. The molecule has 1 N–H and O–H groups in total. The van der Waals surface area contributed by atoms with Crippen molar-refractivity contribution >= 4 is 17.7 Å². The van der Waals surface area contributed by atoms with Crippen molar-refractivity contribution in [3.05, 3.63) is 42.2 Å². The molecule has 0 aliphatic carbocycles. The molecule has 4 nitrogen and oxygen atoms in total. The summed E-state index contributed by atoms with van der Waals surface area (Å²) in [6.45, 7) is 2.89. The summed E-state index contributed by atoms with van der Waals surface area (Å²) in [6, 6.07) is 6.86. The van der Waals surface area contributed by atoms with Gasteiger partial charge in [-0.3, -0.25) is 0 Å². The molecule has 0 bridgehead atoms. The van der Waals surface area contributed by atoms with Crippen LogP contribution in [0.4, 0.5) is 0 Å². The minimum Gasteiger partial charge on any atom is -0.478 e. The average molecular weight is 248 g/mol. The van der Waals surface area contributed by atoms with Gasteiger partial charge in [0, 0.05) is 23.8 Å². The van der Waals surface area contributed by atoms with Crippen LogP contribution in [0.15, 0.2) is 46.7 Å². The Morgan fingerprint density at radius 3 is 3.06 bits per heavy atom. The van der Waals surface area contributed by atoms with Crippen LogP contribution in [0.3, 0.4) is 0 Å². The maximum atomic E-state index is 10.8. The Morgan fingerprint density at radius 1 is 1.53 bits per heavy atom. The fraction of sp³-hybridized carbons (Fsp3) is 0.167. The van der Waals surface area contributed by atoms with Crippen molar-refractivity contribution in [3.63, 3.8) is 0 Å². The summed E-state index contributed by atoms with van der Waals surface area (Å²) in [4.78, 5) is 16.0. The summed E-state index contributed by atoms with van der Waals surface area (Å²) in [5, 5.41) is 9.78. The molecule has 0 unspecified atom stereocenters. The number of aromatic nitrogens is 2. The maximum Gasteiger partial charge on any atom is 0.335 e. The van der Waals surface area contributed by atoms with Crippen LogP contribution >= 0.6 is 11.8 Å². The number of carbonyl (C=O) groups is 1. The molecule has 0 spiro atoms. The van der Waals surface area contributed by atoms with Crippen LogP contribution in [-0.4, -0.2) is 20.6 Å². The number of nitrogens with zero attached hydrogens (tertiary/aromatic N) is 2. The Morgan fingerprint density at radius 2 is 2.35 bits per heavy atom. The Balaban J connectivity index is 2.24. The lowest BCUT2D eigenvalue weighted by Gasteiger charge is -2.04. The molecule has 1 heterocycles. The predicted octanol–water partition coefficient (Wildman–Crippen LogP) is 2.75. The van der Waals surface area contributed by atoms with E-state index in [2.05, 4.69) is 4.98 Å². The van der Waals surface area contributed by atoms with Crippen molar-refractivity contribution in [2.24, 2.45) is 0 Å². The normalized spacial score (nSPS) is 10.4. The van der Waals surface area contributed by atoms with Gasteiger partial charge in [0.2, 0.25) is 0 Å². The standard InChI is InChI=1S/C12H12N2O2S/c1-2-14-7-6-13-12(14)17-10-5-3-4-9(8-10)11(15)16/h3-8H,2H2,1H3,(H,15,16). The molecule has 1 aromatic carbocycles. The van der Waals surface area contributed by atoms with E-state index in [0.717, 1.165) is 16.6 Å². The van der Waals surface area contributed by atoms with Gasteiger partial charge >= 0.3 is 5.97 Å². The molecule has 0 amide bonds. The Labute approximate surface area is 103 Å². The monoisotopic (exact) mass is 248 g/mol. The smallest absolute Gasteiger partial charge is 0.335 e. The van der Waals surface area contributed by atoms with Gasteiger partial charge in [0.1, 0.15) is 0 Å². The number of carboxylic acids is 1. The number of hydrogen-bond acceptors (Lipinski definition) is 3. The van der Waals surface area contributed by atoms with E-state index in [1.807, 2.05) is 23.8 Å². The fourth-order valence-electron chi connectivity index (χ4n) is 1.44. The first-order valence-corrected chi connectivity index (χ1v) is 6.04. The number of hydrogen-bond donors (Lipinski definition) is 1. The first-order chi connectivity index (χ1) is 8.20. The Hall–Kier alpha value is -1.75. The van der Waals surface area contributed by atoms with Gasteiger partial charge in [-0.2, -0.15) is 0 Å². The van der Waals surface area contributed by atoms with E-state index in [1.165, 1.54) is 11.8 Å². The molecule has 0 saturated carbocycles. The third-order valence-electron chi connectivity index (χ3n) is 2.31. The minimum absolute atomic E-state index is 0.296. The molecule has 0 atom stereocenters. The second-order valence-corrected chi connectivity index (χ2v) is 4.47. The van der Waals surface area contributed by atoms with Crippen molar-refractivity contribution in [1.29, 1.82) is 0 Å². The number of benzene rings is 1. The van der Waals surface area contributed by atoms with Crippen LogP contribution in [-0.2, 0) is 6.54 Å². The molecular weight excluding hydrogens is 236 g/mol. The van der Waals surface area contributed by atoms with Gasteiger partial charge in [-0.05, 0) is 25.1 Å². The molecule has 0 radical (unpaired) electrons. The summed E-state index contributed by atoms with van der Waals surface area (Å²) in [5.74, 6) is -0.911. The number of aromatic carboxylic acids is 1. The zero-order valence-electron chi connectivity index (χ0n) is 9.33. The number of carboxylic acid groups (broad SMARTS) is 1. The van der Waals surface area contributed by atoms with Gasteiger partial charge in [0.15, 0.2) is 5.16 Å². The zero-order valence-corrected chi connectivity index (χ0v) is 10.1. The van der Waals surface area contributed by atoms with E-state index in [-0.39, 0.29) is 0 Å². The van der Waals surface area contributed by atoms with E-state index in [9.17, 15) is 4.79 Å². The lowest BCUT2D eigenvalue weighted by Crippen LogP contribution is -1.97. The molecule has 1 aromatic heterocycles. The van der Waals surface area contributed by atoms with Crippen LogP contribution in [0.5, 0.6) is 0 Å². The fourth-order valence-corrected chi connectivity index (χ4v) is 2.40. The van der Waals surface area contributed by atoms with Crippen LogP contribution in [0.1, 0.15) is 17.3 Å². The molecule has 0 fully saturated rings. The number of aryl methyl sites for hydroxylation is 1. The molecule has 17 heavy (non-hydrogen) atoms. The average Bonchev–Trinajstić information content (AvgIpc) is 2.76. The van der Waals surface area contributed by atoms with Gasteiger partial charge in [-0.1, -0.05) is 17.8 Å². The first-order valence-electron chi connectivity index (χ1n) is 5.23. The summed E-state index contributed by atoms with van der Waals surface area (Å²) >= 11 is 1.47. The number of rotatable bonds is 4. The quantitative estimate of drug-likeness (QED) is 0.904. The first kappa shape index (κ1) is 11.7. The molecule has 0 aliphatic heterocycles. The van der Waals surface area contributed by atoms with E-state index in [1.54, 1.807) is 24.4 Å². The maximum absolute atomic E-state index is 10.8. The summed E-state index contributed by atoms with van der Waals surface area (Å²) in [5.41, 5.74) is 0.296. The van der Waals surface area contributed by atoms with E-state index in [4.69, 9.17) is 5.11 Å². The lowest BCUT2D eigenvalue weighted by atomic mass is 10.2. The van der Waals surface area contributed by atoms with Gasteiger partial charge in [-0.25, -0.2) is 9.78 Å². The molecule has 5 heteroatoms. The van der Waals surface area contributed by atoms with Gasteiger partial charge in [-0.15, -0.1) is 0 Å². The molecular formula is C12H12N2O2S. The highest BCUT2D eigenvalue weighted by Crippen LogP contribution is 2.26. The highest BCUT2D eigenvalue weighted by molar-refractivity contribution is 7.99. The SMILES string of the molecule is CCn1ccnc1Sc1cccc(C(=O)O)c1. The van der Waals surface area contributed by atoms with Crippen LogP contribution in [0.2, 0.25) is 0 Å². The molecule has 0 saturated heterocycles. The third-order valence-corrected chi connectivity index (χ3v) is 3.32. The third kappa shape index (κ3) is 2.68. The van der Waals surface area contributed by atoms with Crippen molar-refractivity contribution in [2.75, 3.05) is 0 Å². The molecule has 2 aromatic rings. The van der Waals surface area contributed by atoms with Crippen molar-refractivity contribution in [1.82, 2.24) is 9.55 Å². The van der Waals surface area contributed by atoms with Crippen LogP contribution in [0, 0.1) is 0 Å². The van der Waals surface area contributed by atoms with Gasteiger partial charge in [0.05, 0.1) is 5.56 Å². The number of imidazole rings is 1. The van der Waals surface area contributed by atoms with E-state index in [0.29, 0.717) is 5.56 Å². The van der Waals surface area contributed by atoms with Gasteiger partial charge in [0.25, 0.3) is 0 Å². The van der Waals surface area contributed by atoms with Gasteiger partial charge < -0.3 is 9.67 Å².